The molecule has 0 saturated carbocycles. The molecule has 1 heterocycles. The van der Waals surface area contributed by atoms with Crippen LogP contribution in [0.1, 0.15) is 35.9 Å². The fraction of sp³-hybridized carbons (Fsp3) is 0.375. The summed E-state index contributed by atoms with van der Waals surface area (Å²) in [6, 6.07) is 10.2. The second-order valence-corrected chi connectivity index (χ2v) is 5.13. The largest absolute Gasteiger partial charge is 0.497 e. The quantitative estimate of drug-likeness (QED) is 0.896. The number of hydrogen-bond acceptors (Lipinski definition) is 2. The Morgan fingerprint density at radius 2 is 2.00 bits per heavy atom. The van der Waals surface area contributed by atoms with Gasteiger partial charge in [0.15, 0.2) is 0 Å². The predicted octanol–water partition coefficient (Wildman–Crippen LogP) is 3.16. The van der Waals surface area contributed by atoms with Gasteiger partial charge in [-0.25, -0.2) is 0 Å². The summed E-state index contributed by atoms with van der Waals surface area (Å²) in [6.45, 7) is 2.09. The average Bonchev–Trinajstić information content (AvgIpc) is 2.77. The number of aromatic nitrogens is 1. The van der Waals surface area contributed by atoms with Crippen LogP contribution in [0.15, 0.2) is 30.3 Å². The maximum absolute atomic E-state index is 10.1. The number of aliphatic hydroxyl groups excluding tert-OH is 1. The summed E-state index contributed by atoms with van der Waals surface area (Å²) in [5, 5.41) is 10.1. The Morgan fingerprint density at radius 3 is 2.68 bits per heavy atom. The monoisotopic (exact) mass is 257 g/mol. The second-order valence-electron chi connectivity index (χ2n) is 5.13. The molecule has 1 unspecified atom stereocenters. The number of fused-ring (bicyclic) bond motifs is 1. The average molecular weight is 257 g/mol. The number of rotatable bonds is 2. The Balaban J connectivity index is 2.09. The Hall–Kier alpha value is -1.74. The molecule has 1 aliphatic rings. The molecular weight excluding hydrogens is 238 g/mol. The first-order valence-electron chi connectivity index (χ1n) is 6.74. The zero-order chi connectivity index (χ0) is 13.4. The van der Waals surface area contributed by atoms with E-state index in [1.54, 1.807) is 7.11 Å². The van der Waals surface area contributed by atoms with Crippen LogP contribution in [0.2, 0.25) is 0 Å². The van der Waals surface area contributed by atoms with E-state index in [-0.39, 0.29) is 6.10 Å². The van der Waals surface area contributed by atoms with E-state index in [0.29, 0.717) is 0 Å². The van der Waals surface area contributed by atoms with E-state index < -0.39 is 0 Å². The van der Waals surface area contributed by atoms with Gasteiger partial charge < -0.3 is 14.4 Å². The van der Waals surface area contributed by atoms with Gasteiger partial charge in [0.25, 0.3) is 0 Å². The van der Waals surface area contributed by atoms with Gasteiger partial charge in [0.2, 0.25) is 0 Å². The molecule has 1 aliphatic carbocycles. The van der Waals surface area contributed by atoms with Gasteiger partial charge in [0, 0.05) is 22.6 Å². The highest BCUT2D eigenvalue weighted by molar-refractivity contribution is 5.45. The van der Waals surface area contributed by atoms with E-state index in [1.165, 1.54) is 11.4 Å². The highest BCUT2D eigenvalue weighted by Crippen LogP contribution is 2.34. The zero-order valence-corrected chi connectivity index (χ0v) is 11.4. The van der Waals surface area contributed by atoms with E-state index in [0.717, 1.165) is 36.3 Å². The number of ether oxygens (including phenoxy) is 1. The highest BCUT2D eigenvalue weighted by atomic mass is 16.5. The fourth-order valence-electron chi connectivity index (χ4n) is 2.97. The van der Waals surface area contributed by atoms with Gasteiger partial charge in [-0.05, 0) is 56.5 Å². The van der Waals surface area contributed by atoms with Crippen molar-refractivity contribution < 1.29 is 9.84 Å². The Morgan fingerprint density at radius 1 is 1.26 bits per heavy atom. The van der Waals surface area contributed by atoms with Crippen molar-refractivity contribution in [2.45, 2.75) is 32.3 Å². The number of methoxy groups -OCH3 is 1. The molecule has 2 aromatic rings. The minimum atomic E-state index is -0.304. The van der Waals surface area contributed by atoms with Crippen molar-refractivity contribution in [3.63, 3.8) is 0 Å². The maximum Gasteiger partial charge on any atom is 0.119 e. The van der Waals surface area contributed by atoms with E-state index in [2.05, 4.69) is 29.7 Å². The summed E-state index contributed by atoms with van der Waals surface area (Å²) in [4.78, 5) is 0. The predicted molar refractivity (Wildman–Crippen MR) is 75.0 cm³/mol. The third-order valence-corrected chi connectivity index (χ3v) is 3.90. The van der Waals surface area contributed by atoms with Crippen LogP contribution in [0.25, 0.3) is 5.69 Å². The van der Waals surface area contributed by atoms with Crippen LogP contribution in [0, 0.1) is 6.92 Å². The second kappa shape index (κ2) is 4.74. The molecule has 1 aromatic heterocycles. The number of nitrogens with zero attached hydrogens (tertiary/aromatic N) is 1. The van der Waals surface area contributed by atoms with Crippen molar-refractivity contribution in [3.8, 4) is 11.4 Å². The highest BCUT2D eigenvalue weighted by Gasteiger charge is 2.23. The van der Waals surface area contributed by atoms with Gasteiger partial charge in [-0.15, -0.1) is 0 Å². The minimum Gasteiger partial charge on any atom is -0.497 e. The van der Waals surface area contributed by atoms with Crippen molar-refractivity contribution in [1.29, 1.82) is 0 Å². The third kappa shape index (κ3) is 2.04. The van der Waals surface area contributed by atoms with Crippen LogP contribution in [0.5, 0.6) is 5.75 Å². The molecule has 0 amide bonds. The molecular formula is C16H19NO2. The van der Waals surface area contributed by atoms with Gasteiger partial charge >= 0.3 is 0 Å². The van der Waals surface area contributed by atoms with Crippen molar-refractivity contribution in [3.05, 3.63) is 47.3 Å². The molecule has 0 aliphatic heterocycles. The van der Waals surface area contributed by atoms with Crippen LogP contribution < -0.4 is 4.74 Å². The van der Waals surface area contributed by atoms with Gasteiger partial charge in [0.1, 0.15) is 5.75 Å². The van der Waals surface area contributed by atoms with Crippen LogP contribution in [-0.2, 0) is 6.42 Å². The molecule has 3 nitrogen and oxygen atoms in total. The van der Waals surface area contributed by atoms with Gasteiger partial charge in [-0.1, -0.05) is 0 Å². The Bertz CT molecular complexity index is 584. The number of aryl methyl sites for hydroxylation is 1. The van der Waals surface area contributed by atoms with Crippen molar-refractivity contribution in [2.75, 3.05) is 7.11 Å². The van der Waals surface area contributed by atoms with E-state index in [1.807, 2.05) is 12.1 Å². The lowest BCUT2D eigenvalue weighted by Crippen LogP contribution is -2.11. The Kier molecular flexibility index (Phi) is 3.07. The Labute approximate surface area is 113 Å². The smallest absolute Gasteiger partial charge is 0.119 e. The summed E-state index contributed by atoms with van der Waals surface area (Å²) in [5.41, 5.74) is 4.66. The molecule has 0 bridgehead atoms. The molecule has 0 saturated heterocycles. The molecule has 0 spiro atoms. The molecule has 0 fully saturated rings. The first kappa shape index (κ1) is 12.3. The number of hydrogen-bond donors (Lipinski definition) is 1. The molecule has 1 N–H and O–H groups in total. The standard InChI is InChI=1S/C16H19NO2/c1-11-10-14-15(4-3-5-16(14)18)17(11)12-6-8-13(19-2)9-7-12/h6-10,16,18H,3-5H2,1-2H3. The SMILES string of the molecule is COc1ccc(-n2c(C)cc3c2CCCC3O)cc1. The lowest BCUT2D eigenvalue weighted by Gasteiger charge is -2.20. The van der Waals surface area contributed by atoms with Gasteiger partial charge in [-0.2, -0.15) is 0 Å². The summed E-state index contributed by atoms with van der Waals surface area (Å²) in [7, 11) is 1.67. The molecule has 3 rings (SSSR count). The van der Waals surface area contributed by atoms with Gasteiger partial charge in [-0.3, -0.25) is 0 Å². The lowest BCUT2D eigenvalue weighted by molar-refractivity contribution is 0.156. The summed E-state index contributed by atoms with van der Waals surface area (Å²) in [6.07, 6.45) is 2.65. The molecule has 3 heteroatoms. The first-order valence-corrected chi connectivity index (χ1v) is 6.74. The molecule has 1 atom stereocenters. The number of aliphatic hydroxyl groups is 1. The van der Waals surface area contributed by atoms with Crippen LogP contribution in [0.4, 0.5) is 0 Å². The van der Waals surface area contributed by atoms with Gasteiger partial charge in [0.05, 0.1) is 13.2 Å². The van der Waals surface area contributed by atoms with Crippen LogP contribution >= 0.6 is 0 Å². The summed E-state index contributed by atoms with van der Waals surface area (Å²) >= 11 is 0. The molecule has 0 radical (unpaired) electrons. The lowest BCUT2D eigenvalue weighted by atomic mass is 9.95. The van der Waals surface area contributed by atoms with Crippen LogP contribution in [0.3, 0.4) is 0 Å². The van der Waals surface area contributed by atoms with E-state index in [9.17, 15) is 5.11 Å². The zero-order valence-electron chi connectivity index (χ0n) is 11.4. The summed E-state index contributed by atoms with van der Waals surface area (Å²) < 4.78 is 7.44. The summed E-state index contributed by atoms with van der Waals surface area (Å²) in [5.74, 6) is 0.863. The topological polar surface area (TPSA) is 34.4 Å². The van der Waals surface area contributed by atoms with E-state index in [4.69, 9.17) is 4.74 Å². The number of benzene rings is 1. The normalized spacial score (nSPS) is 18.2. The first-order chi connectivity index (χ1) is 9.20. The minimum absolute atomic E-state index is 0.304. The van der Waals surface area contributed by atoms with Crippen LogP contribution in [-0.4, -0.2) is 16.8 Å². The van der Waals surface area contributed by atoms with Crippen molar-refractivity contribution >= 4 is 0 Å². The molecule has 19 heavy (non-hydrogen) atoms. The van der Waals surface area contributed by atoms with Crippen molar-refractivity contribution in [2.24, 2.45) is 0 Å². The molecule has 100 valence electrons. The maximum atomic E-state index is 10.1. The third-order valence-electron chi connectivity index (χ3n) is 3.90. The fourth-order valence-corrected chi connectivity index (χ4v) is 2.97. The molecule has 1 aromatic carbocycles. The van der Waals surface area contributed by atoms with Crippen molar-refractivity contribution in [1.82, 2.24) is 4.57 Å². The van der Waals surface area contributed by atoms with E-state index >= 15 is 0 Å².